The second kappa shape index (κ2) is 4.04. The maximum atomic E-state index is 13.5. The van der Waals surface area contributed by atoms with Crippen molar-refractivity contribution in [3.05, 3.63) is 33.0 Å². The van der Waals surface area contributed by atoms with E-state index in [4.69, 9.17) is 11.6 Å². The molecule has 0 bridgehead atoms. The minimum atomic E-state index is -0.365. The first-order valence-corrected chi connectivity index (χ1v) is 6.10. The minimum absolute atomic E-state index is 0.117. The van der Waals surface area contributed by atoms with Gasteiger partial charge in [0.2, 0.25) is 0 Å². The Kier molecular flexibility index (Phi) is 3.06. The first-order valence-electron chi connectivity index (χ1n) is 4.93. The van der Waals surface area contributed by atoms with Crippen LogP contribution in [0.2, 0.25) is 5.02 Å². The normalized spacial score (nSPS) is 25.9. The fraction of sp³-hybridized carbons (Fsp3) is 0.455. The van der Waals surface area contributed by atoms with Gasteiger partial charge in [-0.2, -0.15) is 0 Å². The molecule has 0 radical (unpaired) electrons. The largest absolute Gasteiger partial charge is 0.308 e. The van der Waals surface area contributed by atoms with Gasteiger partial charge in [-0.05, 0) is 59.9 Å². The summed E-state index contributed by atoms with van der Waals surface area (Å²) in [6.45, 7) is 3.08. The third-order valence-electron chi connectivity index (χ3n) is 2.99. The van der Waals surface area contributed by atoms with E-state index < -0.39 is 0 Å². The first kappa shape index (κ1) is 11.4. The van der Waals surface area contributed by atoms with Gasteiger partial charge >= 0.3 is 0 Å². The lowest BCUT2D eigenvalue weighted by atomic mass is 9.90. The lowest BCUT2D eigenvalue weighted by molar-refractivity contribution is 0.431. The Morgan fingerprint density at radius 3 is 2.80 bits per heavy atom. The van der Waals surface area contributed by atoms with Gasteiger partial charge in [0, 0.05) is 10.0 Å². The summed E-state index contributed by atoms with van der Waals surface area (Å²) < 4.78 is 14.1. The molecule has 1 aromatic rings. The third-order valence-corrected chi connectivity index (χ3v) is 4.23. The zero-order chi connectivity index (χ0) is 11.1. The van der Waals surface area contributed by atoms with E-state index in [9.17, 15) is 4.39 Å². The molecule has 1 unspecified atom stereocenters. The van der Waals surface area contributed by atoms with E-state index in [1.165, 1.54) is 6.07 Å². The molecule has 0 amide bonds. The average Bonchev–Trinajstić information content (AvgIpc) is 2.62. The second-order valence-corrected chi connectivity index (χ2v) is 5.35. The lowest BCUT2D eigenvalue weighted by Gasteiger charge is -2.25. The third kappa shape index (κ3) is 2.05. The molecule has 1 aliphatic rings. The fourth-order valence-corrected chi connectivity index (χ4v) is 2.56. The van der Waals surface area contributed by atoms with E-state index in [1.54, 1.807) is 0 Å². The molecule has 15 heavy (non-hydrogen) atoms. The van der Waals surface area contributed by atoms with Crippen molar-refractivity contribution >= 4 is 27.5 Å². The Hall–Kier alpha value is -0.120. The highest BCUT2D eigenvalue weighted by molar-refractivity contribution is 9.10. The zero-order valence-electron chi connectivity index (χ0n) is 8.41. The van der Waals surface area contributed by atoms with E-state index >= 15 is 0 Å². The van der Waals surface area contributed by atoms with E-state index in [0.29, 0.717) is 4.47 Å². The predicted octanol–water partition coefficient (Wildman–Crippen LogP) is 3.84. The van der Waals surface area contributed by atoms with Crippen LogP contribution in [0.5, 0.6) is 0 Å². The van der Waals surface area contributed by atoms with Crippen LogP contribution in [0.3, 0.4) is 0 Å². The van der Waals surface area contributed by atoms with Crippen molar-refractivity contribution in [2.24, 2.45) is 0 Å². The zero-order valence-corrected chi connectivity index (χ0v) is 10.8. The van der Waals surface area contributed by atoms with Gasteiger partial charge in [0.25, 0.3) is 0 Å². The summed E-state index contributed by atoms with van der Waals surface area (Å²) in [5.74, 6) is -0.365. The smallest absolute Gasteiger partial charge is 0.143 e. The van der Waals surface area contributed by atoms with Crippen LogP contribution in [-0.4, -0.2) is 6.54 Å². The molecule has 1 fully saturated rings. The fourth-order valence-electron chi connectivity index (χ4n) is 2.02. The molecule has 1 aliphatic heterocycles. The van der Waals surface area contributed by atoms with Crippen LogP contribution >= 0.6 is 27.5 Å². The molecule has 0 saturated carbocycles. The van der Waals surface area contributed by atoms with Gasteiger partial charge in [-0.3, -0.25) is 0 Å². The molecule has 1 atom stereocenters. The molecular formula is C11H12BrClFN. The van der Waals surface area contributed by atoms with Crippen LogP contribution in [0, 0.1) is 5.82 Å². The molecule has 0 spiro atoms. The van der Waals surface area contributed by atoms with Crippen LogP contribution in [-0.2, 0) is 5.54 Å². The second-order valence-electron chi connectivity index (χ2n) is 4.12. The van der Waals surface area contributed by atoms with Crippen molar-refractivity contribution in [2.75, 3.05) is 6.54 Å². The summed E-state index contributed by atoms with van der Waals surface area (Å²) in [5, 5.41) is 3.55. The van der Waals surface area contributed by atoms with Gasteiger partial charge in [-0.1, -0.05) is 11.6 Å². The monoisotopic (exact) mass is 291 g/mol. The Labute approximate surface area is 102 Å². The van der Waals surface area contributed by atoms with Crippen LogP contribution < -0.4 is 5.32 Å². The molecule has 1 aromatic carbocycles. The molecular weight excluding hydrogens is 280 g/mol. The highest BCUT2D eigenvalue weighted by atomic mass is 79.9. The summed E-state index contributed by atoms with van der Waals surface area (Å²) in [4.78, 5) is 0. The Balaban J connectivity index is 2.45. The Morgan fingerprint density at radius 2 is 2.27 bits per heavy atom. The number of benzene rings is 1. The standard InChI is InChI=1S/C11H12BrClFN/c1-11(3-2-4-15-11)7-5-8(12)10(13)9(14)6-7/h5-6,15H,2-4H2,1H3. The van der Waals surface area contributed by atoms with E-state index in [2.05, 4.69) is 28.2 Å². The van der Waals surface area contributed by atoms with Crippen LogP contribution in [0.4, 0.5) is 4.39 Å². The maximum Gasteiger partial charge on any atom is 0.143 e. The van der Waals surface area contributed by atoms with Crippen LogP contribution in [0.25, 0.3) is 0 Å². The van der Waals surface area contributed by atoms with E-state index in [-0.39, 0.29) is 16.4 Å². The van der Waals surface area contributed by atoms with Crippen molar-refractivity contribution < 1.29 is 4.39 Å². The number of hydrogen-bond acceptors (Lipinski definition) is 1. The molecule has 4 heteroatoms. The van der Waals surface area contributed by atoms with Crippen LogP contribution in [0.1, 0.15) is 25.3 Å². The molecule has 2 rings (SSSR count). The van der Waals surface area contributed by atoms with Crippen molar-refractivity contribution in [1.29, 1.82) is 0 Å². The van der Waals surface area contributed by atoms with Crippen molar-refractivity contribution in [3.63, 3.8) is 0 Å². The topological polar surface area (TPSA) is 12.0 Å². The SMILES string of the molecule is CC1(c2cc(F)c(Cl)c(Br)c2)CCCN1. The van der Waals surface area contributed by atoms with E-state index in [1.807, 2.05) is 6.07 Å². The molecule has 1 nitrogen and oxygen atoms in total. The highest BCUT2D eigenvalue weighted by Gasteiger charge is 2.30. The van der Waals surface area contributed by atoms with Gasteiger partial charge in [0.15, 0.2) is 0 Å². The van der Waals surface area contributed by atoms with Crippen molar-refractivity contribution in [3.8, 4) is 0 Å². The number of hydrogen-bond donors (Lipinski definition) is 1. The predicted molar refractivity (Wildman–Crippen MR) is 63.7 cm³/mol. The maximum absolute atomic E-state index is 13.5. The molecule has 0 aliphatic carbocycles. The van der Waals surface area contributed by atoms with E-state index in [0.717, 1.165) is 24.9 Å². The van der Waals surface area contributed by atoms with Crippen molar-refractivity contribution in [2.45, 2.75) is 25.3 Å². The molecule has 1 saturated heterocycles. The summed E-state index contributed by atoms with van der Waals surface area (Å²) in [6.07, 6.45) is 2.15. The van der Waals surface area contributed by atoms with Crippen LogP contribution in [0.15, 0.2) is 16.6 Å². The van der Waals surface area contributed by atoms with Gasteiger partial charge in [0.1, 0.15) is 5.82 Å². The van der Waals surface area contributed by atoms with Gasteiger partial charge in [-0.25, -0.2) is 4.39 Å². The molecule has 0 aromatic heterocycles. The number of halogens is 3. The summed E-state index contributed by atoms with van der Waals surface area (Å²) in [7, 11) is 0. The van der Waals surface area contributed by atoms with Gasteiger partial charge in [0.05, 0.1) is 5.02 Å². The van der Waals surface area contributed by atoms with Crippen molar-refractivity contribution in [1.82, 2.24) is 5.32 Å². The van der Waals surface area contributed by atoms with Gasteiger partial charge < -0.3 is 5.32 Å². The summed E-state index contributed by atoms with van der Waals surface area (Å²) in [6, 6.07) is 3.41. The molecule has 1 heterocycles. The Bertz CT molecular complexity index is 365. The molecule has 1 N–H and O–H groups in total. The quantitative estimate of drug-likeness (QED) is 0.776. The van der Waals surface area contributed by atoms with Gasteiger partial charge in [-0.15, -0.1) is 0 Å². The lowest BCUT2D eigenvalue weighted by Crippen LogP contribution is -2.33. The Morgan fingerprint density at radius 1 is 1.53 bits per heavy atom. The summed E-state index contributed by atoms with van der Waals surface area (Å²) >= 11 is 9.03. The first-order chi connectivity index (χ1) is 7.03. The number of nitrogens with one attached hydrogen (secondary N) is 1. The minimum Gasteiger partial charge on any atom is -0.308 e. The highest BCUT2D eigenvalue weighted by Crippen LogP contribution is 2.35. The average molecular weight is 293 g/mol. The molecule has 82 valence electrons. The number of rotatable bonds is 1. The summed E-state index contributed by atoms with van der Waals surface area (Å²) in [5.41, 5.74) is 0.835.